The summed E-state index contributed by atoms with van der Waals surface area (Å²) in [6.45, 7) is 0.851. The van der Waals surface area contributed by atoms with Crippen LogP contribution in [0.3, 0.4) is 0 Å². The molecule has 3 aromatic rings. The number of rotatable bonds is 4. The Balaban J connectivity index is 1.46. The summed E-state index contributed by atoms with van der Waals surface area (Å²) < 4.78 is 1.97. The van der Waals surface area contributed by atoms with E-state index in [1.165, 1.54) is 5.56 Å². The second kappa shape index (κ2) is 5.00. The van der Waals surface area contributed by atoms with Gasteiger partial charge in [-0.25, -0.2) is 4.98 Å². The van der Waals surface area contributed by atoms with Gasteiger partial charge < -0.3 is 5.32 Å². The van der Waals surface area contributed by atoms with Crippen molar-refractivity contribution in [3.8, 4) is 0 Å². The molecule has 4 rings (SSSR count). The predicted octanol–water partition coefficient (Wildman–Crippen LogP) is 3.11. The van der Waals surface area contributed by atoms with Crippen molar-refractivity contribution in [1.29, 1.82) is 0 Å². The Morgan fingerprint density at radius 3 is 3.24 bits per heavy atom. The average Bonchev–Trinajstić information content (AvgIpc) is 3.14. The summed E-state index contributed by atoms with van der Waals surface area (Å²) in [5.41, 5.74) is 3.29. The molecule has 0 fully saturated rings. The first-order chi connectivity index (χ1) is 10.3. The van der Waals surface area contributed by atoms with Crippen molar-refractivity contribution in [1.82, 2.24) is 9.38 Å². The van der Waals surface area contributed by atoms with Crippen LogP contribution in [0.5, 0.6) is 0 Å². The minimum atomic E-state index is 0.254. The number of fused-ring (bicyclic) bond motifs is 2. The van der Waals surface area contributed by atoms with Crippen molar-refractivity contribution in [3.05, 3.63) is 53.3 Å². The molecular formula is C16H15N3OS. The van der Waals surface area contributed by atoms with Crippen molar-refractivity contribution >= 4 is 27.8 Å². The van der Waals surface area contributed by atoms with E-state index in [9.17, 15) is 4.79 Å². The fourth-order valence-electron chi connectivity index (χ4n) is 2.95. The third kappa shape index (κ3) is 2.34. The number of imidazole rings is 1. The predicted molar refractivity (Wildman–Crippen MR) is 84.1 cm³/mol. The minimum absolute atomic E-state index is 0.254. The number of nitrogens with one attached hydrogen (secondary N) is 1. The van der Waals surface area contributed by atoms with Crippen LogP contribution in [0, 0.1) is 0 Å². The second-order valence-electron chi connectivity index (χ2n) is 5.41. The smallest absolute Gasteiger partial charge is 0.193 e. The van der Waals surface area contributed by atoms with E-state index < -0.39 is 0 Å². The van der Waals surface area contributed by atoms with Gasteiger partial charge in [-0.3, -0.25) is 9.20 Å². The fourth-order valence-corrected chi connectivity index (χ4v) is 3.67. The third-order valence-corrected chi connectivity index (χ3v) is 4.71. The average molecular weight is 297 g/mol. The SMILES string of the molecule is O=C(Cc1cn2ccsc2n1)CC1CNc2ccccc21. The number of anilines is 1. The molecule has 1 N–H and O–H groups in total. The summed E-state index contributed by atoms with van der Waals surface area (Å²) >= 11 is 1.59. The topological polar surface area (TPSA) is 46.4 Å². The molecule has 1 aliphatic rings. The summed E-state index contributed by atoms with van der Waals surface area (Å²) in [5, 5.41) is 5.36. The van der Waals surface area contributed by atoms with Crippen molar-refractivity contribution in [2.45, 2.75) is 18.8 Å². The van der Waals surface area contributed by atoms with E-state index in [-0.39, 0.29) is 11.7 Å². The number of carbonyl (C=O) groups is 1. The molecule has 0 saturated carbocycles. The summed E-state index contributed by atoms with van der Waals surface area (Å²) in [5.74, 6) is 0.543. The molecular weight excluding hydrogens is 282 g/mol. The van der Waals surface area contributed by atoms with Crippen LogP contribution in [0.1, 0.15) is 23.6 Å². The highest BCUT2D eigenvalue weighted by atomic mass is 32.1. The Morgan fingerprint density at radius 2 is 2.33 bits per heavy atom. The zero-order valence-corrected chi connectivity index (χ0v) is 12.3. The van der Waals surface area contributed by atoms with Gasteiger partial charge in [-0.05, 0) is 11.6 Å². The third-order valence-electron chi connectivity index (χ3n) is 3.94. The number of Topliss-reactive ketones (excluding diaryl/α,β-unsaturated/α-hetero) is 1. The second-order valence-corrected chi connectivity index (χ2v) is 6.28. The van der Waals surface area contributed by atoms with Crippen molar-refractivity contribution in [2.75, 3.05) is 11.9 Å². The van der Waals surface area contributed by atoms with Gasteiger partial charge in [-0.15, -0.1) is 11.3 Å². The van der Waals surface area contributed by atoms with E-state index in [2.05, 4.69) is 22.4 Å². The van der Waals surface area contributed by atoms with Gasteiger partial charge in [0.05, 0.1) is 12.1 Å². The Hall–Kier alpha value is -2.14. The van der Waals surface area contributed by atoms with E-state index in [1.807, 2.05) is 34.3 Å². The highest BCUT2D eigenvalue weighted by Crippen LogP contribution is 2.33. The maximum Gasteiger partial charge on any atom is 0.193 e. The van der Waals surface area contributed by atoms with Crippen LogP contribution >= 0.6 is 11.3 Å². The fraction of sp³-hybridized carbons (Fsp3) is 0.250. The van der Waals surface area contributed by atoms with E-state index in [0.29, 0.717) is 12.8 Å². The van der Waals surface area contributed by atoms with E-state index >= 15 is 0 Å². The highest BCUT2D eigenvalue weighted by Gasteiger charge is 2.24. The van der Waals surface area contributed by atoms with Gasteiger partial charge in [0.25, 0.3) is 0 Å². The summed E-state index contributed by atoms with van der Waals surface area (Å²) in [6, 6.07) is 8.24. The largest absolute Gasteiger partial charge is 0.384 e. The molecule has 0 bridgehead atoms. The molecule has 1 atom stereocenters. The monoisotopic (exact) mass is 297 g/mol. The molecule has 1 aromatic carbocycles. The van der Waals surface area contributed by atoms with Crippen LogP contribution in [-0.4, -0.2) is 21.7 Å². The lowest BCUT2D eigenvalue weighted by atomic mass is 9.94. The molecule has 5 heteroatoms. The maximum absolute atomic E-state index is 12.3. The Bertz CT molecular complexity index is 776. The van der Waals surface area contributed by atoms with Gasteiger partial charge in [-0.1, -0.05) is 18.2 Å². The zero-order chi connectivity index (χ0) is 14.2. The molecule has 0 aliphatic carbocycles. The number of hydrogen-bond acceptors (Lipinski definition) is 4. The van der Waals surface area contributed by atoms with Crippen molar-refractivity contribution in [3.63, 3.8) is 0 Å². The first kappa shape index (κ1) is 12.6. The van der Waals surface area contributed by atoms with Gasteiger partial charge in [-0.2, -0.15) is 0 Å². The number of benzene rings is 1. The first-order valence-electron chi connectivity index (χ1n) is 7.05. The van der Waals surface area contributed by atoms with E-state index in [1.54, 1.807) is 11.3 Å². The van der Waals surface area contributed by atoms with Crippen molar-refractivity contribution < 1.29 is 4.79 Å². The quantitative estimate of drug-likeness (QED) is 0.805. The molecule has 0 spiro atoms. The summed E-state index contributed by atoms with van der Waals surface area (Å²) in [6.07, 6.45) is 4.92. The molecule has 0 amide bonds. The molecule has 0 saturated heterocycles. The van der Waals surface area contributed by atoms with Gasteiger partial charge in [0.1, 0.15) is 5.78 Å². The number of thiazole rings is 1. The zero-order valence-electron chi connectivity index (χ0n) is 11.5. The number of ketones is 1. The lowest BCUT2D eigenvalue weighted by molar-refractivity contribution is -0.118. The molecule has 106 valence electrons. The number of nitrogens with zero attached hydrogens (tertiary/aromatic N) is 2. The Labute approximate surface area is 126 Å². The molecule has 1 aliphatic heterocycles. The lowest BCUT2D eigenvalue weighted by Gasteiger charge is -2.08. The van der Waals surface area contributed by atoms with Gasteiger partial charge in [0.15, 0.2) is 4.96 Å². The van der Waals surface area contributed by atoms with E-state index in [4.69, 9.17) is 0 Å². The van der Waals surface area contributed by atoms with Gasteiger partial charge in [0, 0.05) is 42.3 Å². The molecule has 1 unspecified atom stereocenters. The standard InChI is InChI=1S/C16H15N3OS/c20-13(8-12-10-19-5-6-21-16(19)18-12)7-11-9-17-15-4-2-1-3-14(11)15/h1-6,10-11,17H,7-9H2. The number of carbonyl (C=O) groups excluding carboxylic acids is 1. The minimum Gasteiger partial charge on any atom is -0.384 e. The molecule has 3 heterocycles. The normalized spacial score (nSPS) is 16.9. The number of para-hydroxylation sites is 1. The van der Waals surface area contributed by atoms with Crippen LogP contribution in [-0.2, 0) is 11.2 Å². The van der Waals surface area contributed by atoms with E-state index in [0.717, 1.165) is 22.9 Å². The Morgan fingerprint density at radius 1 is 1.43 bits per heavy atom. The van der Waals surface area contributed by atoms with Crippen LogP contribution in [0.2, 0.25) is 0 Å². The van der Waals surface area contributed by atoms with Crippen LogP contribution in [0.4, 0.5) is 5.69 Å². The van der Waals surface area contributed by atoms with Crippen LogP contribution < -0.4 is 5.32 Å². The van der Waals surface area contributed by atoms with Crippen LogP contribution in [0.15, 0.2) is 42.0 Å². The van der Waals surface area contributed by atoms with Gasteiger partial charge >= 0.3 is 0 Å². The summed E-state index contributed by atoms with van der Waals surface area (Å²) in [4.78, 5) is 17.7. The molecule has 2 aromatic heterocycles. The van der Waals surface area contributed by atoms with Gasteiger partial charge in [0.2, 0.25) is 0 Å². The van der Waals surface area contributed by atoms with Crippen LogP contribution in [0.25, 0.3) is 4.96 Å². The number of hydrogen-bond donors (Lipinski definition) is 1. The van der Waals surface area contributed by atoms with Crippen molar-refractivity contribution in [2.24, 2.45) is 0 Å². The first-order valence-corrected chi connectivity index (χ1v) is 7.93. The maximum atomic E-state index is 12.3. The molecule has 4 nitrogen and oxygen atoms in total. The summed E-state index contributed by atoms with van der Waals surface area (Å²) in [7, 11) is 0. The molecule has 0 radical (unpaired) electrons. The Kier molecular flexibility index (Phi) is 3.00. The lowest BCUT2D eigenvalue weighted by Crippen LogP contribution is -2.11. The number of aromatic nitrogens is 2. The molecule has 21 heavy (non-hydrogen) atoms. The highest BCUT2D eigenvalue weighted by molar-refractivity contribution is 7.15.